The van der Waals surface area contributed by atoms with Gasteiger partial charge in [0.15, 0.2) is 0 Å². The molecule has 0 saturated carbocycles. The van der Waals surface area contributed by atoms with E-state index in [0.29, 0.717) is 25.3 Å². The number of carbonyl (C=O) groups excluding carboxylic acids is 1. The lowest BCUT2D eigenvalue weighted by atomic mass is 10.1. The number of rotatable bonds is 1. The van der Waals surface area contributed by atoms with Crippen LogP contribution < -0.4 is 5.32 Å². The monoisotopic (exact) mass is 309 g/mol. The molecule has 1 aliphatic rings. The Labute approximate surface area is 120 Å². The predicted octanol–water partition coefficient (Wildman–Crippen LogP) is 2.02. The fourth-order valence-corrected chi connectivity index (χ4v) is 2.01. The molecule has 0 aromatic carbocycles. The number of amides is 1. The molecule has 1 atom stereocenters. The average molecular weight is 310 g/mol. The van der Waals surface area contributed by atoms with E-state index in [9.17, 15) is 18.0 Å². The van der Waals surface area contributed by atoms with E-state index in [4.69, 9.17) is 0 Å². The first kappa shape index (κ1) is 16.7. The molecule has 1 saturated heterocycles. The van der Waals surface area contributed by atoms with Gasteiger partial charge >= 0.3 is 6.18 Å². The van der Waals surface area contributed by atoms with Crippen molar-refractivity contribution in [1.29, 1.82) is 0 Å². The highest BCUT2D eigenvalue weighted by Gasteiger charge is 2.31. The Morgan fingerprint density at radius 3 is 2.65 bits per heavy atom. The van der Waals surface area contributed by atoms with E-state index in [0.717, 1.165) is 12.3 Å². The normalized spacial score (nSPS) is 19.4. The van der Waals surface area contributed by atoms with Crippen molar-refractivity contribution in [3.8, 4) is 0 Å². The fourth-order valence-electron chi connectivity index (χ4n) is 2.01. The standard InChI is InChI=1S/C12H14F3N3O.ClH/c1-8(19)18-5-4-16-11(7-18)10-3-2-9(6-17-10)12(13,14)15;/h2-3,6,11,16H,4-5,7H2,1H3;1H. The van der Waals surface area contributed by atoms with Crippen LogP contribution in [0, 0.1) is 0 Å². The summed E-state index contributed by atoms with van der Waals surface area (Å²) < 4.78 is 37.3. The Morgan fingerprint density at radius 2 is 2.15 bits per heavy atom. The molecule has 1 fully saturated rings. The third-order valence-corrected chi connectivity index (χ3v) is 3.09. The van der Waals surface area contributed by atoms with Crippen molar-refractivity contribution in [2.45, 2.75) is 19.1 Å². The lowest BCUT2D eigenvalue weighted by Gasteiger charge is -2.32. The molecule has 1 N–H and O–H groups in total. The third-order valence-electron chi connectivity index (χ3n) is 3.09. The van der Waals surface area contributed by atoms with Crippen LogP contribution in [0.4, 0.5) is 13.2 Å². The second kappa shape index (κ2) is 6.41. The quantitative estimate of drug-likeness (QED) is 0.863. The van der Waals surface area contributed by atoms with E-state index < -0.39 is 11.7 Å². The number of aromatic nitrogens is 1. The van der Waals surface area contributed by atoms with E-state index in [1.807, 2.05) is 0 Å². The maximum atomic E-state index is 12.4. The summed E-state index contributed by atoms with van der Waals surface area (Å²) in [6.45, 7) is 3.11. The largest absolute Gasteiger partial charge is 0.417 e. The number of halogens is 4. The first-order valence-corrected chi connectivity index (χ1v) is 5.90. The van der Waals surface area contributed by atoms with Gasteiger partial charge in [0.2, 0.25) is 5.91 Å². The number of nitrogens with one attached hydrogen (secondary N) is 1. The van der Waals surface area contributed by atoms with Crippen LogP contribution in [0.15, 0.2) is 18.3 Å². The number of pyridine rings is 1. The minimum Gasteiger partial charge on any atom is -0.340 e. The number of hydrogen-bond acceptors (Lipinski definition) is 3. The fraction of sp³-hybridized carbons (Fsp3) is 0.500. The van der Waals surface area contributed by atoms with Crippen LogP contribution in [0.2, 0.25) is 0 Å². The number of piperazine rings is 1. The molecule has 1 aliphatic heterocycles. The Balaban J connectivity index is 0.00000200. The van der Waals surface area contributed by atoms with Gasteiger partial charge < -0.3 is 10.2 Å². The van der Waals surface area contributed by atoms with Gasteiger partial charge in [0.05, 0.1) is 17.3 Å². The molecule has 0 spiro atoms. The van der Waals surface area contributed by atoms with E-state index in [1.165, 1.54) is 13.0 Å². The van der Waals surface area contributed by atoms with E-state index in [1.54, 1.807) is 4.90 Å². The Bertz CT molecular complexity index is 464. The third kappa shape index (κ3) is 3.83. The van der Waals surface area contributed by atoms with Gasteiger partial charge in [-0.25, -0.2) is 0 Å². The first-order chi connectivity index (χ1) is 8.88. The van der Waals surface area contributed by atoms with Crippen molar-refractivity contribution in [1.82, 2.24) is 15.2 Å². The Hall–Kier alpha value is -1.34. The van der Waals surface area contributed by atoms with Gasteiger partial charge in [0.1, 0.15) is 0 Å². The maximum Gasteiger partial charge on any atom is 0.417 e. The van der Waals surface area contributed by atoms with Crippen molar-refractivity contribution in [3.05, 3.63) is 29.6 Å². The van der Waals surface area contributed by atoms with Gasteiger partial charge in [0.25, 0.3) is 0 Å². The lowest BCUT2D eigenvalue weighted by molar-refractivity contribution is -0.137. The van der Waals surface area contributed by atoms with Crippen LogP contribution in [0.1, 0.15) is 24.2 Å². The summed E-state index contributed by atoms with van der Waals surface area (Å²) in [5.41, 5.74) is -0.255. The first-order valence-electron chi connectivity index (χ1n) is 5.90. The summed E-state index contributed by atoms with van der Waals surface area (Å²) in [5.74, 6) is -0.0431. The number of nitrogens with zero attached hydrogens (tertiary/aromatic N) is 2. The molecule has 2 heterocycles. The van der Waals surface area contributed by atoms with E-state index >= 15 is 0 Å². The summed E-state index contributed by atoms with van der Waals surface area (Å²) in [6, 6.07) is 2.14. The van der Waals surface area contributed by atoms with Crippen LogP contribution in [0.3, 0.4) is 0 Å². The average Bonchev–Trinajstić information content (AvgIpc) is 2.38. The zero-order valence-electron chi connectivity index (χ0n) is 10.8. The lowest BCUT2D eigenvalue weighted by Crippen LogP contribution is -2.47. The van der Waals surface area contributed by atoms with Crippen LogP contribution in [0.25, 0.3) is 0 Å². The van der Waals surface area contributed by atoms with Crippen molar-refractivity contribution in [3.63, 3.8) is 0 Å². The van der Waals surface area contributed by atoms with E-state index in [-0.39, 0.29) is 24.4 Å². The van der Waals surface area contributed by atoms with Crippen LogP contribution in [0.5, 0.6) is 0 Å². The smallest absolute Gasteiger partial charge is 0.340 e. The van der Waals surface area contributed by atoms with Crippen LogP contribution in [-0.2, 0) is 11.0 Å². The molecule has 8 heteroatoms. The second-order valence-electron chi connectivity index (χ2n) is 4.44. The summed E-state index contributed by atoms with van der Waals surface area (Å²) >= 11 is 0. The highest BCUT2D eigenvalue weighted by Crippen LogP contribution is 2.29. The molecule has 2 rings (SSSR count). The summed E-state index contributed by atoms with van der Waals surface area (Å²) in [4.78, 5) is 16.8. The highest BCUT2D eigenvalue weighted by molar-refractivity contribution is 5.85. The van der Waals surface area contributed by atoms with Gasteiger partial charge in [-0.3, -0.25) is 9.78 Å². The van der Waals surface area contributed by atoms with Crippen molar-refractivity contribution in [2.75, 3.05) is 19.6 Å². The minimum atomic E-state index is -4.38. The molecular formula is C12H15ClF3N3O. The van der Waals surface area contributed by atoms with E-state index in [2.05, 4.69) is 10.3 Å². The highest BCUT2D eigenvalue weighted by atomic mass is 35.5. The molecule has 0 bridgehead atoms. The minimum absolute atomic E-state index is 0. The van der Waals surface area contributed by atoms with Crippen molar-refractivity contribution < 1.29 is 18.0 Å². The molecule has 0 radical (unpaired) electrons. The number of carbonyl (C=O) groups is 1. The summed E-state index contributed by atoms with van der Waals surface area (Å²) in [7, 11) is 0. The van der Waals surface area contributed by atoms with Crippen molar-refractivity contribution in [2.24, 2.45) is 0 Å². The predicted molar refractivity (Wildman–Crippen MR) is 69.5 cm³/mol. The zero-order valence-corrected chi connectivity index (χ0v) is 11.6. The second-order valence-corrected chi connectivity index (χ2v) is 4.44. The molecule has 0 aliphatic carbocycles. The molecular weight excluding hydrogens is 295 g/mol. The van der Waals surface area contributed by atoms with Crippen LogP contribution in [-0.4, -0.2) is 35.4 Å². The topological polar surface area (TPSA) is 45.2 Å². The molecule has 4 nitrogen and oxygen atoms in total. The van der Waals surface area contributed by atoms with Gasteiger partial charge in [-0.15, -0.1) is 12.4 Å². The molecule has 1 unspecified atom stereocenters. The zero-order chi connectivity index (χ0) is 14.0. The molecule has 1 aromatic heterocycles. The Kier molecular flexibility index (Phi) is 5.35. The maximum absolute atomic E-state index is 12.4. The molecule has 112 valence electrons. The van der Waals surface area contributed by atoms with Crippen molar-refractivity contribution >= 4 is 18.3 Å². The van der Waals surface area contributed by atoms with Gasteiger partial charge in [-0.2, -0.15) is 13.2 Å². The number of alkyl halides is 3. The summed E-state index contributed by atoms with van der Waals surface area (Å²) in [6.07, 6.45) is -3.55. The SMILES string of the molecule is CC(=O)N1CCNC(c2ccc(C(F)(F)F)cn2)C1.Cl. The van der Waals surface area contributed by atoms with Gasteiger partial charge in [0, 0.05) is 32.8 Å². The Morgan fingerprint density at radius 1 is 1.45 bits per heavy atom. The van der Waals surface area contributed by atoms with Crippen LogP contribution >= 0.6 is 12.4 Å². The molecule has 20 heavy (non-hydrogen) atoms. The molecule has 1 amide bonds. The summed E-state index contributed by atoms with van der Waals surface area (Å²) in [5, 5.41) is 3.14. The van der Waals surface area contributed by atoms with Gasteiger partial charge in [-0.05, 0) is 12.1 Å². The number of hydrogen-bond donors (Lipinski definition) is 1. The van der Waals surface area contributed by atoms with Gasteiger partial charge in [-0.1, -0.05) is 0 Å². The molecule has 1 aromatic rings.